The van der Waals surface area contributed by atoms with Crippen LogP contribution in [0.2, 0.25) is 0 Å². The zero-order chi connectivity index (χ0) is 13.5. The van der Waals surface area contributed by atoms with E-state index < -0.39 is 0 Å². The van der Waals surface area contributed by atoms with Crippen LogP contribution in [-0.4, -0.2) is 13.2 Å². The highest BCUT2D eigenvalue weighted by Gasteiger charge is 1.96. The van der Waals surface area contributed by atoms with Crippen LogP contribution in [0.15, 0.2) is 53.0 Å². The van der Waals surface area contributed by atoms with Crippen LogP contribution >= 0.6 is 15.9 Å². The van der Waals surface area contributed by atoms with Crippen molar-refractivity contribution in [3.05, 3.63) is 53.0 Å². The van der Waals surface area contributed by atoms with Crippen LogP contribution in [0.25, 0.3) is 0 Å². The Labute approximate surface area is 121 Å². The van der Waals surface area contributed by atoms with Gasteiger partial charge in [-0.25, -0.2) is 0 Å². The van der Waals surface area contributed by atoms with Crippen LogP contribution in [0.4, 0.5) is 5.69 Å². The van der Waals surface area contributed by atoms with E-state index in [1.807, 2.05) is 48.5 Å². The minimum absolute atomic E-state index is 0.625. The van der Waals surface area contributed by atoms with E-state index in [2.05, 4.69) is 15.9 Å². The normalized spacial score (nSPS) is 10.2. The molecule has 0 aliphatic carbocycles. The SMILES string of the molecule is Nc1ccc(OCCCOc2ccc(Br)cc2)cc1. The third-order valence-electron chi connectivity index (χ3n) is 2.52. The fourth-order valence-corrected chi connectivity index (χ4v) is 1.80. The van der Waals surface area contributed by atoms with Crippen LogP contribution in [0.5, 0.6) is 11.5 Å². The maximum Gasteiger partial charge on any atom is 0.119 e. The number of halogens is 1. The summed E-state index contributed by atoms with van der Waals surface area (Å²) in [7, 11) is 0. The first-order valence-electron chi connectivity index (χ1n) is 6.11. The first kappa shape index (κ1) is 13.7. The summed E-state index contributed by atoms with van der Waals surface area (Å²) in [5, 5.41) is 0. The van der Waals surface area contributed by atoms with Gasteiger partial charge in [0.1, 0.15) is 11.5 Å². The first-order valence-corrected chi connectivity index (χ1v) is 6.90. The third-order valence-corrected chi connectivity index (χ3v) is 3.05. The van der Waals surface area contributed by atoms with Gasteiger partial charge in [-0.15, -0.1) is 0 Å². The maximum absolute atomic E-state index is 5.60. The van der Waals surface area contributed by atoms with Gasteiger partial charge >= 0.3 is 0 Å². The molecule has 0 spiro atoms. The first-order chi connectivity index (χ1) is 9.24. The van der Waals surface area contributed by atoms with Crippen molar-refractivity contribution in [2.75, 3.05) is 18.9 Å². The summed E-state index contributed by atoms with van der Waals surface area (Å²) < 4.78 is 12.2. The molecule has 0 saturated heterocycles. The summed E-state index contributed by atoms with van der Waals surface area (Å²) in [5.41, 5.74) is 6.34. The molecule has 2 aromatic carbocycles. The molecule has 0 aromatic heterocycles. The van der Waals surface area contributed by atoms with Gasteiger partial charge in [0.05, 0.1) is 13.2 Å². The monoisotopic (exact) mass is 321 g/mol. The summed E-state index contributed by atoms with van der Waals surface area (Å²) in [6.07, 6.45) is 0.834. The number of ether oxygens (including phenoxy) is 2. The van der Waals surface area contributed by atoms with E-state index in [9.17, 15) is 0 Å². The average molecular weight is 322 g/mol. The lowest BCUT2D eigenvalue weighted by atomic mass is 10.3. The van der Waals surface area contributed by atoms with Crippen molar-refractivity contribution in [3.8, 4) is 11.5 Å². The Kier molecular flexibility index (Phi) is 5.10. The molecule has 2 aromatic rings. The molecule has 0 saturated carbocycles. The van der Waals surface area contributed by atoms with Gasteiger partial charge in [-0.1, -0.05) is 15.9 Å². The summed E-state index contributed by atoms with van der Waals surface area (Å²) in [6, 6.07) is 15.2. The van der Waals surface area contributed by atoms with Gasteiger partial charge in [-0.2, -0.15) is 0 Å². The van der Waals surface area contributed by atoms with E-state index in [1.54, 1.807) is 0 Å². The van der Waals surface area contributed by atoms with E-state index in [1.165, 1.54) is 0 Å². The Bertz CT molecular complexity index is 449. The van der Waals surface area contributed by atoms with E-state index in [4.69, 9.17) is 15.2 Å². The molecule has 0 unspecified atom stereocenters. The Morgan fingerprint density at radius 1 is 0.789 bits per heavy atom. The van der Waals surface area contributed by atoms with Crippen LogP contribution in [0.1, 0.15) is 6.42 Å². The predicted octanol–water partition coefficient (Wildman–Crippen LogP) is 3.88. The second-order valence-electron chi connectivity index (χ2n) is 4.07. The largest absolute Gasteiger partial charge is 0.493 e. The van der Waals surface area contributed by atoms with Crippen molar-refractivity contribution in [2.45, 2.75) is 6.42 Å². The number of nitrogen functional groups attached to an aromatic ring is 1. The predicted molar refractivity (Wildman–Crippen MR) is 80.6 cm³/mol. The number of hydrogen-bond acceptors (Lipinski definition) is 3. The standard InChI is InChI=1S/C15H16BrNO2/c16-12-2-6-14(7-3-12)18-10-1-11-19-15-8-4-13(17)5-9-15/h2-9H,1,10-11,17H2. The number of anilines is 1. The fourth-order valence-electron chi connectivity index (χ4n) is 1.53. The second-order valence-corrected chi connectivity index (χ2v) is 4.99. The second kappa shape index (κ2) is 7.04. The lowest BCUT2D eigenvalue weighted by molar-refractivity contribution is 0.247. The Morgan fingerprint density at radius 3 is 1.79 bits per heavy atom. The van der Waals surface area contributed by atoms with Crippen molar-refractivity contribution in [2.24, 2.45) is 0 Å². The number of rotatable bonds is 6. The van der Waals surface area contributed by atoms with E-state index in [0.29, 0.717) is 13.2 Å². The highest BCUT2D eigenvalue weighted by molar-refractivity contribution is 9.10. The van der Waals surface area contributed by atoms with Crippen LogP contribution < -0.4 is 15.2 Å². The molecule has 0 fully saturated rings. The molecule has 2 N–H and O–H groups in total. The van der Waals surface area contributed by atoms with Gasteiger partial charge in [0.2, 0.25) is 0 Å². The molecule has 4 heteroatoms. The molecular formula is C15H16BrNO2. The third kappa shape index (κ3) is 4.83. The van der Waals surface area contributed by atoms with E-state index in [0.717, 1.165) is 28.1 Å². The molecule has 19 heavy (non-hydrogen) atoms. The van der Waals surface area contributed by atoms with Crippen LogP contribution in [0, 0.1) is 0 Å². The van der Waals surface area contributed by atoms with Crippen molar-refractivity contribution >= 4 is 21.6 Å². The molecule has 2 rings (SSSR count). The molecule has 100 valence electrons. The number of hydrogen-bond donors (Lipinski definition) is 1. The Morgan fingerprint density at radius 2 is 1.26 bits per heavy atom. The van der Waals surface area contributed by atoms with Crippen molar-refractivity contribution in [3.63, 3.8) is 0 Å². The van der Waals surface area contributed by atoms with Crippen molar-refractivity contribution in [1.82, 2.24) is 0 Å². The molecule has 0 heterocycles. The minimum atomic E-state index is 0.625. The van der Waals surface area contributed by atoms with Gasteiger partial charge in [0.15, 0.2) is 0 Å². The number of nitrogens with two attached hydrogens (primary N) is 1. The number of benzene rings is 2. The summed E-state index contributed by atoms with van der Waals surface area (Å²) >= 11 is 3.38. The smallest absolute Gasteiger partial charge is 0.119 e. The highest BCUT2D eigenvalue weighted by atomic mass is 79.9. The quantitative estimate of drug-likeness (QED) is 0.648. The van der Waals surface area contributed by atoms with Crippen molar-refractivity contribution < 1.29 is 9.47 Å². The fraction of sp³-hybridized carbons (Fsp3) is 0.200. The van der Waals surface area contributed by atoms with Gasteiger partial charge in [-0.05, 0) is 48.5 Å². The van der Waals surface area contributed by atoms with Crippen LogP contribution in [0.3, 0.4) is 0 Å². The van der Waals surface area contributed by atoms with Gasteiger partial charge < -0.3 is 15.2 Å². The van der Waals surface area contributed by atoms with Gasteiger partial charge in [0.25, 0.3) is 0 Å². The molecule has 0 amide bonds. The van der Waals surface area contributed by atoms with E-state index in [-0.39, 0.29) is 0 Å². The molecule has 0 aliphatic heterocycles. The molecular weight excluding hydrogens is 306 g/mol. The zero-order valence-corrected chi connectivity index (χ0v) is 12.1. The molecule has 3 nitrogen and oxygen atoms in total. The van der Waals surface area contributed by atoms with Gasteiger partial charge in [0, 0.05) is 16.6 Å². The Hall–Kier alpha value is -1.68. The molecule has 0 bridgehead atoms. The molecule has 0 radical (unpaired) electrons. The average Bonchev–Trinajstić information content (AvgIpc) is 2.43. The maximum atomic E-state index is 5.60. The van der Waals surface area contributed by atoms with Gasteiger partial charge in [-0.3, -0.25) is 0 Å². The highest BCUT2D eigenvalue weighted by Crippen LogP contribution is 2.16. The minimum Gasteiger partial charge on any atom is -0.493 e. The summed E-state index contributed by atoms with van der Waals surface area (Å²) in [4.78, 5) is 0. The molecule has 0 aliphatic rings. The summed E-state index contributed by atoms with van der Waals surface area (Å²) in [6.45, 7) is 1.26. The van der Waals surface area contributed by atoms with E-state index >= 15 is 0 Å². The Balaban J connectivity index is 1.64. The zero-order valence-electron chi connectivity index (χ0n) is 10.5. The van der Waals surface area contributed by atoms with Crippen LogP contribution in [-0.2, 0) is 0 Å². The topological polar surface area (TPSA) is 44.5 Å². The lowest BCUT2D eigenvalue weighted by Crippen LogP contribution is -2.04. The molecule has 0 atom stereocenters. The van der Waals surface area contributed by atoms with Crippen molar-refractivity contribution in [1.29, 1.82) is 0 Å². The lowest BCUT2D eigenvalue weighted by Gasteiger charge is -2.08. The summed E-state index contributed by atoms with van der Waals surface area (Å²) in [5.74, 6) is 1.70.